The quantitative estimate of drug-likeness (QED) is 0.0147. The maximum atomic E-state index is 12.8. The highest BCUT2D eigenvalue weighted by molar-refractivity contribution is 7.47. The number of hydrogen-bond donors (Lipinski definition) is 6. The second-order valence-electron chi connectivity index (χ2n) is 16.7. The summed E-state index contributed by atoms with van der Waals surface area (Å²) in [6, 6.07) is 0. The lowest BCUT2D eigenvalue weighted by molar-refractivity contribution is -0.220. The van der Waals surface area contributed by atoms with Crippen molar-refractivity contribution in [2.75, 3.05) is 13.2 Å². The maximum absolute atomic E-state index is 12.8. The van der Waals surface area contributed by atoms with Gasteiger partial charge in [-0.05, 0) is 70.6 Å². The lowest BCUT2D eigenvalue weighted by atomic mass is 9.85. The number of carbonyl (C=O) groups is 2. The third-order valence-corrected chi connectivity index (χ3v) is 12.0. The number of phosphoric acid groups is 1. The smallest absolute Gasteiger partial charge is 0.462 e. The van der Waals surface area contributed by atoms with Crippen LogP contribution in [0.3, 0.4) is 0 Å². The van der Waals surface area contributed by atoms with Gasteiger partial charge in [-0.3, -0.25) is 18.6 Å². The van der Waals surface area contributed by atoms with E-state index in [2.05, 4.69) is 62.1 Å². The summed E-state index contributed by atoms with van der Waals surface area (Å²) >= 11 is 0. The van der Waals surface area contributed by atoms with Gasteiger partial charge in [0, 0.05) is 12.8 Å². The van der Waals surface area contributed by atoms with Gasteiger partial charge in [-0.1, -0.05) is 151 Å². The molecule has 6 N–H and O–H groups in total. The van der Waals surface area contributed by atoms with Gasteiger partial charge in [-0.25, -0.2) is 4.57 Å². The van der Waals surface area contributed by atoms with E-state index in [1.54, 1.807) is 0 Å². The van der Waals surface area contributed by atoms with Gasteiger partial charge in [-0.15, -0.1) is 6.58 Å². The number of carbonyl (C=O) groups excluding carboxylic acids is 2. The molecule has 364 valence electrons. The Bertz CT molecular complexity index is 1320. The van der Waals surface area contributed by atoms with Crippen molar-refractivity contribution in [2.24, 2.45) is 0 Å². The summed E-state index contributed by atoms with van der Waals surface area (Å²) in [6.07, 6.45) is 33.0. The van der Waals surface area contributed by atoms with Crippen LogP contribution >= 0.6 is 7.82 Å². The van der Waals surface area contributed by atoms with Crippen LogP contribution in [0.15, 0.2) is 61.3 Å². The third kappa shape index (κ3) is 31.2. The lowest BCUT2D eigenvalue weighted by Gasteiger charge is -2.41. The average Bonchev–Trinajstić information content (AvgIpc) is 3.26. The summed E-state index contributed by atoms with van der Waals surface area (Å²) < 4.78 is 33.5. The molecule has 0 saturated heterocycles. The predicted molar refractivity (Wildman–Crippen MR) is 249 cm³/mol. The van der Waals surface area contributed by atoms with Crippen LogP contribution in [0.2, 0.25) is 0 Å². The zero-order valence-electron chi connectivity index (χ0n) is 38.4. The molecule has 0 radical (unpaired) electrons. The first-order valence-corrected chi connectivity index (χ1v) is 25.5. The molecule has 0 aromatic heterocycles. The molecular weight excluding hydrogens is 827 g/mol. The largest absolute Gasteiger partial charge is 0.472 e. The van der Waals surface area contributed by atoms with Crippen molar-refractivity contribution >= 4 is 19.8 Å². The molecule has 0 aromatic carbocycles. The van der Waals surface area contributed by atoms with Crippen LogP contribution in [0.4, 0.5) is 0 Å². The fraction of sp³-hybridized carbons (Fsp3) is 0.755. The molecule has 1 saturated carbocycles. The number of aliphatic hydroxyl groups is 5. The Balaban J connectivity index is 2.46. The Labute approximate surface area is 379 Å². The fourth-order valence-electron chi connectivity index (χ4n) is 7.07. The fourth-order valence-corrected chi connectivity index (χ4v) is 8.05. The molecule has 0 aromatic rings. The zero-order chi connectivity index (χ0) is 46.4. The Kier molecular flexibility index (Phi) is 36.1. The Morgan fingerprint density at radius 3 is 1.43 bits per heavy atom. The molecule has 8 atom stereocenters. The van der Waals surface area contributed by atoms with Gasteiger partial charge < -0.3 is 39.9 Å². The molecule has 1 fully saturated rings. The zero-order valence-corrected chi connectivity index (χ0v) is 39.3. The number of unbranched alkanes of at least 4 members (excludes halogenated alkanes) is 19. The molecule has 1 aliphatic rings. The molecule has 0 aliphatic heterocycles. The van der Waals surface area contributed by atoms with Gasteiger partial charge in [0.15, 0.2) is 6.10 Å². The van der Waals surface area contributed by atoms with Crippen LogP contribution in [0.1, 0.15) is 180 Å². The maximum Gasteiger partial charge on any atom is 0.472 e. The summed E-state index contributed by atoms with van der Waals surface area (Å²) in [5, 5.41) is 50.2. The Morgan fingerprint density at radius 1 is 0.540 bits per heavy atom. The van der Waals surface area contributed by atoms with Crippen molar-refractivity contribution in [3.8, 4) is 0 Å². The molecule has 6 unspecified atom stereocenters. The van der Waals surface area contributed by atoms with Crippen molar-refractivity contribution < 1.29 is 63.1 Å². The number of esters is 2. The normalized spacial score (nSPS) is 22.0. The molecule has 1 rings (SSSR count). The van der Waals surface area contributed by atoms with E-state index in [0.29, 0.717) is 12.8 Å². The van der Waals surface area contributed by atoms with Crippen molar-refractivity contribution in [1.29, 1.82) is 0 Å². The van der Waals surface area contributed by atoms with Crippen LogP contribution in [0, 0.1) is 0 Å². The molecule has 63 heavy (non-hydrogen) atoms. The van der Waals surface area contributed by atoms with Crippen molar-refractivity contribution in [2.45, 2.75) is 223 Å². The van der Waals surface area contributed by atoms with Gasteiger partial charge in [0.05, 0.1) is 6.61 Å². The second-order valence-corrected chi connectivity index (χ2v) is 18.1. The van der Waals surface area contributed by atoms with Gasteiger partial charge in [0.1, 0.15) is 43.2 Å². The SMILES string of the molecule is C=CCCCCCCCCCCCCCCCC(=O)OC[C@H](COP(=O)(O)OC1C(O)C(O)C(O)[C@@H](O)C1O)OC(=O)CCCCC/C=C/C/C=C/C/C=C/C/C=C/CCCCC. The van der Waals surface area contributed by atoms with Crippen molar-refractivity contribution in [1.82, 2.24) is 0 Å². The number of phosphoric ester groups is 1. The van der Waals surface area contributed by atoms with E-state index in [9.17, 15) is 44.6 Å². The van der Waals surface area contributed by atoms with Crippen molar-refractivity contribution in [3.63, 3.8) is 0 Å². The number of hydrogen-bond acceptors (Lipinski definition) is 12. The Morgan fingerprint density at radius 2 is 0.937 bits per heavy atom. The molecule has 0 amide bonds. The molecule has 0 spiro atoms. The molecule has 14 heteroatoms. The van der Waals surface area contributed by atoms with E-state index < -0.39 is 75.7 Å². The lowest BCUT2D eigenvalue weighted by Crippen LogP contribution is -2.64. The minimum absolute atomic E-state index is 0.0569. The molecule has 1 aliphatic carbocycles. The molecule has 0 heterocycles. The molecular formula is C49H85O13P. The highest BCUT2D eigenvalue weighted by atomic mass is 31.2. The standard InChI is InChI=1S/C49H85O13P/c1-3-5-7-9-11-13-15-17-19-20-21-22-24-26-28-30-32-34-36-38-43(51)61-41(40-60-63(57,58)62-49-47(55)45(53)44(52)46(54)48(49)56)39-59-42(50)37-35-33-31-29-27-25-23-18-16-14-12-10-8-6-4-2/h4,11,13,17,19,21-22,26,28,41,44-49,52-56H,2-3,5-10,12,14-16,18,20,23-25,27,29-40H2,1H3,(H,57,58)/b13-11+,19-17+,22-21+,28-26+/t41-,44?,45-,46?,47?,48?,49?/m1/s1. The van der Waals surface area contributed by atoms with Gasteiger partial charge >= 0.3 is 19.8 Å². The molecule has 0 bridgehead atoms. The first-order chi connectivity index (χ1) is 30.4. The molecule has 13 nitrogen and oxygen atoms in total. The van der Waals surface area contributed by atoms with E-state index in [4.69, 9.17) is 18.5 Å². The van der Waals surface area contributed by atoms with Crippen LogP contribution in [-0.2, 0) is 32.7 Å². The second kappa shape index (κ2) is 38.8. The minimum Gasteiger partial charge on any atom is -0.462 e. The average molecular weight is 913 g/mol. The number of allylic oxidation sites excluding steroid dienone is 9. The number of rotatable bonds is 40. The highest BCUT2D eigenvalue weighted by Gasteiger charge is 2.51. The van der Waals surface area contributed by atoms with Gasteiger partial charge in [-0.2, -0.15) is 0 Å². The van der Waals surface area contributed by atoms with E-state index in [1.165, 1.54) is 77.0 Å². The first-order valence-electron chi connectivity index (χ1n) is 24.1. The van der Waals surface area contributed by atoms with Gasteiger partial charge in [0.2, 0.25) is 0 Å². The van der Waals surface area contributed by atoms with Crippen LogP contribution < -0.4 is 0 Å². The highest BCUT2D eigenvalue weighted by Crippen LogP contribution is 2.47. The third-order valence-electron chi connectivity index (χ3n) is 11.0. The van der Waals surface area contributed by atoms with E-state index in [-0.39, 0.29) is 12.8 Å². The van der Waals surface area contributed by atoms with Gasteiger partial charge in [0.25, 0.3) is 0 Å². The van der Waals surface area contributed by atoms with E-state index in [0.717, 1.165) is 70.6 Å². The van der Waals surface area contributed by atoms with E-state index in [1.807, 2.05) is 6.08 Å². The number of ether oxygens (including phenoxy) is 2. The summed E-state index contributed by atoms with van der Waals surface area (Å²) in [5.41, 5.74) is 0. The van der Waals surface area contributed by atoms with Crippen LogP contribution in [0.5, 0.6) is 0 Å². The summed E-state index contributed by atoms with van der Waals surface area (Å²) in [7, 11) is -5.13. The summed E-state index contributed by atoms with van der Waals surface area (Å²) in [6.45, 7) is 4.78. The topological polar surface area (TPSA) is 210 Å². The first kappa shape index (κ1) is 58.6. The summed E-state index contributed by atoms with van der Waals surface area (Å²) in [4.78, 5) is 35.7. The minimum atomic E-state index is -5.13. The van der Waals surface area contributed by atoms with Crippen LogP contribution in [-0.4, -0.2) is 98.3 Å². The predicted octanol–water partition coefficient (Wildman–Crippen LogP) is 9.73. The Hall–Kier alpha value is -2.45. The monoisotopic (exact) mass is 913 g/mol. The van der Waals surface area contributed by atoms with E-state index >= 15 is 0 Å². The van der Waals surface area contributed by atoms with Crippen molar-refractivity contribution in [3.05, 3.63) is 61.3 Å². The summed E-state index contributed by atoms with van der Waals surface area (Å²) in [5.74, 6) is -1.14. The van der Waals surface area contributed by atoms with Crippen LogP contribution in [0.25, 0.3) is 0 Å². The number of aliphatic hydroxyl groups excluding tert-OH is 5.